The van der Waals surface area contributed by atoms with E-state index < -0.39 is 0 Å². The van der Waals surface area contributed by atoms with E-state index in [1.165, 1.54) is 0 Å². The minimum atomic E-state index is 0.743. The Balaban J connectivity index is 3.18. The molecule has 13 heavy (non-hydrogen) atoms. The monoisotopic (exact) mass is 262 g/mol. The van der Waals surface area contributed by atoms with Crippen LogP contribution in [0.5, 0.6) is 11.5 Å². The predicted octanol–water partition coefficient (Wildman–Crippen LogP) is 3.19. The number of ether oxygens (including phenoxy) is 2. The van der Waals surface area contributed by atoms with Gasteiger partial charge in [0, 0.05) is 9.37 Å². The molecule has 72 valence electrons. The van der Waals surface area contributed by atoms with E-state index in [2.05, 4.69) is 15.9 Å². The van der Waals surface area contributed by atoms with E-state index in [0.29, 0.717) is 0 Å². The number of benzene rings is 1. The van der Waals surface area contributed by atoms with Crippen LogP contribution in [-0.2, 0) is 0 Å². The average molecular weight is 263 g/mol. The molecule has 0 aliphatic carbocycles. The van der Waals surface area contributed by atoms with E-state index in [9.17, 15) is 0 Å². The van der Waals surface area contributed by atoms with Crippen molar-refractivity contribution < 1.29 is 9.47 Å². The molecule has 0 heterocycles. The molecule has 0 spiro atoms. The Labute approximate surface area is 90.7 Å². The normalized spacial score (nSPS) is 9.85. The molecule has 0 radical (unpaired) electrons. The quantitative estimate of drug-likeness (QED) is 0.780. The second kappa shape index (κ2) is 4.77. The molecule has 1 rings (SSSR count). The lowest BCUT2D eigenvalue weighted by atomic mass is 10.3. The highest BCUT2D eigenvalue weighted by Gasteiger charge is 2.07. The van der Waals surface area contributed by atoms with Crippen LogP contribution < -0.4 is 9.47 Å². The fourth-order valence-electron chi connectivity index (χ4n) is 0.992. The Morgan fingerprint density at radius 3 is 2.15 bits per heavy atom. The lowest BCUT2D eigenvalue weighted by molar-refractivity contribution is 0.353. The molecule has 0 aliphatic heterocycles. The largest absolute Gasteiger partial charge is 0.493 e. The van der Waals surface area contributed by atoms with Crippen molar-refractivity contribution in [3.8, 4) is 11.5 Å². The van der Waals surface area contributed by atoms with Crippen LogP contribution in [0.3, 0.4) is 0 Å². The van der Waals surface area contributed by atoms with Gasteiger partial charge in [-0.3, -0.25) is 0 Å². The Bertz CT molecular complexity index is 302. The Morgan fingerprint density at radius 2 is 1.69 bits per heavy atom. The number of hydrogen-bond donors (Lipinski definition) is 0. The van der Waals surface area contributed by atoms with Crippen molar-refractivity contribution in [1.29, 1.82) is 0 Å². The van der Waals surface area contributed by atoms with Crippen molar-refractivity contribution in [3.63, 3.8) is 0 Å². The average Bonchev–Trinajstić information content (AvgIpc) is 2.17. The van der Waals surface area contributed by atoms with Gasteiger partial charge in [-0.25, -0.2) is 0 Å². The lowest BCUT2D eigenvalue weighted by Gasteiger charge is -2.10. The highest BCUT2D eigenvalue weighted by Crippen LogP contribution is 2.36. The molecular formula is C9H11BrO2S. The van der Waals surface area contributed by atoms with Crippen LogP contribution in [0, 0.1) is 0 Å². The molecule has 0 N–H and O–H groups in total. The smallest absolute Gasteiger partial charge is 0.161 e. The highest BCUT2D eigenvalue weighted by atomic mass is 79.9. The van der Waals surface area contributed by atoms with Gasteiger partial charge < -0.3 is 9.47 Å². The first kappa shape index (κ1) is 10.7. The van der Waals surface area contributed by atoms with Gasteiger partial charge in [0.1, 0.15) is 0 Å². The maximum absolute atomic E-state index is 5.17. The third-order valence-corrected chi connectivity index (χ3v) is 3.35. The summed E-state index contributed by atoms with van der Waals surface area (Å²) in [4.78, 5) is 1.14. The van der Waals surface area contributed by atoms with Gasteiger partial charge in [-0.05, 0) is 34.3 Å². The van der Waals surface area contributed by atoms with E-state index in [1.807, 2.05) is 18.4 Å². The maximum atomic E-state index is 5.17. The topological polar surface area (TPSA) is 18.5 Å². The van der Waals surface area contributed by atoms with E-state index in [4.69, 9.17) is 9.47 Å². The van der Waals surface area contributed by atoms with Crippen molar-refractivity contribution in [1.82, 2.24) is 0 Å². The summed E-state index contributed by atoms with van der Waals surface area (Å²) in [5, 5.41) is 0. The van der Waals surface area contributed by atoms with Crippen molar-refractivity contribution in [2.45, 2.75) is 4.90 Å². The second-order valence-electron chi connectivity index (χ2n) is 2.34. The van der Waals surface area contributed by atoms with Gasteiger partial charge in [-0.15, -0.1) is 11.8 Å². The molecule has 4 heteroatoms. The molecule has 0 aromatic heterocycles. The molecule has 0 amide bonds. The summed E-state index contributed by atoms with van der Waals surface area (Å²) in [5.41, 5.74) is 0. The summed E-state index contributed by atoms with van der Waals surface area (Å²) in [7, 11) is 3.26. The van der Waals surface area contributed by atoms with Crippen molar-refractivity contribution in [3.05, 3.63) is 16.6 Å². The molecule has 0 bridgehead atoms. The standard InChI is InChI=1S/C9H11BrO2S/c1-11-7-4-6(10)9(13-3)5-8(7)12-2/h4-5H,1-3H3. The molecular weight excluding hydrogens is 252 g/mol. The summed E-state index contributed by atoms with van der Waals surface area (Å²) >= 11 is 5.12. The Hall–Kier alpha value is -0.350. The molecule has 0 fully saturated rings. The van der Waals surface area contributed by atoms with E-state index in [0.717, 1.165) is 20.9 Å². The van der Waals surface area contributed by atoms with Crippen LogP contribution in [0.4, 0.5) is 0 Å². The number of hydrogen-bond acceptors (Lipinski definition) is 3. The van der Waals surface area contributed by atoms with Crippen LogP contribution in [0.25, 0.3) is 0 Å². The summed E-state index contributed by atoms with van der Waals surface area (Å²) in [6.45, 7) is 0. The number of methoxy groups -OCH3 is 2. The predicted molar refractivity (Wildman–Crippen MR) is 59.0 cm³/mol. The Morgan fingerprint density at radius 1 is 1.15 bits per heavy atom. The van der Waals surface area contributed by atoms with E-state index in [1.54, 1.807) is 26.0 Å². The number of rotatable bonds is 3. The van der Waals surface area contributed by atoms with Crippen LogP contribution >= 0.6 is 27.7 Å². The summed E-state index contributed by atoms with van der Waals surface area (Å²) in [6.07, 6.45) is 2.02. The van der Waals surface area contributed by atoms with Gasteiger partial charge in [0.05, 0.1) is 14.2 Å². The zero-order chi connectivity index (χ0) is 9.84. The van der Waals surface area contributed by atoms with Gasteiger partial charge in [0.15, 0.2) is 11.5 Å². The maximum Gasteiger partial charge on any atom is 0.161 e. The van der Waals surface area contributed by atoms with Gasteiger partial charge in [0.25, 0.3) is 0 Å². The minimum absolute atomic E-state index is 0.743. The molecule has 1 aromatic carbocycles. The molecule has 0 saturated heterocycles. The van der Waals surface area contributed by atoms with Gasteiger partial charge in [-0.1, -0.05) is 0 Å². The van der Waals surface area contributed by atoms with Crippen LogP contribution in [-0.4, -0.2) is 20.5 Å². The molecule has 1 aromatic rings. The molecule has 0 atom stereocenters. The summed E-state index contributed by atoms with van der Waals surface area (Å²) in [5.74, 6) is 1.50. The summed E-state index contributed by atoms with van der Waals surface area (Å²) < 4.78 is 11.4. The van der Waals surface area contributed by atoms with Crippen LogP contribution in [0.2, 0.25) is 0 Å². The first-order valence-electron chi connectivity index (χ1n) is 3.68. The van der Waals surface area contributed by atoms with Gasteiger partial charge >= 0.3 is 0 Å². The number of thioether (sulfide) groups is 1. The molecule has 2 nitrogen and oxygen atoms in total. The van der Waals surface area contributed by atoms with E-state index >= 15 is 0 Å². The SMILES string of the molecule is COc1cc(Br)c(SC)cc1OC. The zero-order valence-corrected chi connectivity index (χ0v) is 10.2. The third-order valence-electron chi connectivity index (χ3n) is 1.66. The summed E-state index contributed by atoms with van der Waals surface area (Å²) in [6, 6.07) is 3.86. The highest BCUT2D eigenvalue weighted by molar-refractivity contribution is 9.10. The van der Waals surface area contributed by atoms with Crippen LogP contribution in [0.15, 0.2) is 21.5 Å². The zero-order valence-electron chi connectivity index (χ0n) is 7.76. The Kier molecular flexibility index (Phi) is 3.93. The number of halogens is 1. The first-order valence-corrected chi connectivity index (χ1v) is 5.70. The fraction of sp³-hybridized carbons (Fsp3) is 0.333. The van der Waals surface area contributed by atoms with Crippen LogP contribution in [0.1, 0.15) is 0 Å². The fourth-order valence-corrected chi connectivity index (χ4v) is 2.28. The van der Waals surface area contributed by atoms with E-state index in [-0.39, 0.29) is 0 Å². The lowest BCUT2D eigenvalue weighted by Crippen LogP contribution is -1.91. The van der Waals surface area contributed by atoms with Crippen molar-refractivity contribution >= 4 is 27.7 Å². The second-order valence-corrected chi connectivity index (χ2v) is 4.04. The van der Waals surface area contributed by atoms with Crippen molar-refractivity contribution in [2.75, 3.05) is 20.5 Å². The molecule has 0 aliphatic rings. The van der Waals surface area contributed by atoms with Gasteiger partial charge in [0.2, 0.25) is 0 Å². The van der Waals surface area contributed by atoms with Gasteiger partial charge in [-0.2, -0.15) is 0 Å². The molecule has 0 unspecified atom stereocenters. The van der Waals surface area contributed by atoms with Crippen molar-refractivity contribution in [2.24, 2.45) is 0 Å². The first-order chi connectivity index (χ1) is 6.22. The minimum Gasteiger partial charge on any atom is -0.493 e. The third kappa shape index (κ3) is 2.31. The molecule has 0 saturated carbocycles.